The topological polar surface area (TPSA) is 25.1 Å². The van der Waals surface area contributed by atoms with Crippen LogP contribution in [0.1, 0.15) is 142 Å². The van der Waals surface area contributed by atoms with Gasteiger partial charge in [-0.2, -0.15) is 0 Å². The lowest BCUT2D eigenvalue weighted by Crippen LogP contribution is -2.24. The Balaban J connectivity index is 0.804. The molecule has 2 aliphatic heterocycles. The second-order valence-electron chi connectivity index (χ2n) is 15.3. The van der Waals surface area contributed by atoms with Gasteiger partial charge in [0.2, 0.25) is 0 Å². The molecule has 2 nitrogen and oxygen atoms in total. The number of rotatable bonds is 10. The van der Waals surface area contributed by atoms with Crippen LogP contribution in [0.4, 0.5) is 0 Å². The minimum absolute atomic E-state index is 0.00437. The third-order valence-corrected chi connectivity index (χ3v) is 12.4. The van der Waals surface area contributed by atoms with E-state index in [2.05, 4.69) is 6.92 Å². The molecule has 0 aromatic rings. The Morgan fingerprint density at radius 1 is 0.405 bits per heavy atom. The zero-order valence-corrected chi connectivity index (χ0v) is 24.2. The van der Waals surface area contributed by atoms with Gasteiger partial charge in [0.25, 0.3) is 0 Å². The summed E-state index contributed by atoms with van der Waals surface area (Å²) in [6.07, 6.45) is 32.7. The Morgan fingerprint density at radius 2 is 0.703 bits per heavy atom. The lowest BCUT2D eigenvalue weighted by Gasteiger charge is -2.37. The van der Waals surface area contributed by atoms with Crippen LogP contribution in [0.15, 0.2) is 0 Å². The summed E-state index contributed by atoms with van der Waals surface area (Å²) in [6, 6.07) is 0. The highest BCUT2D eigenvalue weighted by Gasteiger charge is 2.47. The van der Waals surface area contributed by atoms with E-state index in [0.29, 0.717) is 12.2 Å². The van der Waals surface area contributed by atoms with Crippen molar-refractivity contribution < 1.29 is 9.47 Å². The zero-order chi connectivity index (χ0) is 25.2. The molecule has 2 heterocycles. The second kappa shape index (κ2) is 12.6. The number of hydrogen-bond donors (Lipinski definition) is 0. The quantitative estimate of drug-likeness (QED) is 0.273. The number of epoxide rings is 2. The van der Waals surface area contributed by atoms with Gasteiger partial charge in [-0.1, -0.05) is 110 Å². The summed E-state index contributed by atoms with van der Waals surface area (Å²) < 4.78 is 11.3. The van der Waals surface area contributed by atoms with Crippen LogP contribution in [0.5, 0.6) is 0 Å². The maximum absolute atomic E-state index is 5.94. The Bertz CT molecular complexity index is 673. The van der Waals surface area contributed by atoms with Gasteiger partial charge >= 0.3 is 0 Å². The summed E-state index contributed by atoms with van der Waals surface area (Å²) in [4.78, 5) is 0. The lowest BCUT2D eigenvalue weighted by atomic mass is 9.69. The van der Waals surface area contributed by atoms with Crippen molar-refractivity contribution in [2.45, 2.75) is 166 Å². The van der Waals surface area contributed by atoms with Gasteiger partial charge in [0.15, 0.2) is 0 Å². The zero-order valence-electron chi connectivity index (χ0n) is 24.2. The van der Waals surface area contributed by atoms with Gasteiger partial charge in [-0.15, -0.1) is 0 Å². The number of ether oxygens (including phenoxy) is 2. The molecule has 0 N–H and O–H groups in total. The highest BCUT2D eigenvalue weighted by Crippen LogP contribution is 2.45. The average molecular weight is 511 g/mol. The largest absolute Gasteiger partial charge is 0.369 e. The molecular formula is C35H58O2. The van der Waals surface area contributed by atoms with Crippen molar-refractivity contribution in [2.24, 2.45) is 47.3 Å². The maximum Gasteiger partial charge on any atom is 0.0878 e. The highest BCUT2D eigenvalue weighted by atomic mass is 16.6. The minimum Gasteiger partial charge on any atom is -0.369 e. The van der Waals surface area contributed by atoms with Crippen molar-refractivity contribution in [3.05, 3.63) is 6.92 Å². The van der Waals surface area contributed by atoms with E-state index in [-0.39, 0.29) is 12.2 Å². The van der Waals surface area contributed by atoms with E-state index in [1.807, 2.05) is 0 Å². The molecule has 4 saturated carbocycles. The van der Waals surface area contributed by atoms with E-state index >= 15 is 0 Å². The summed E-state index contributed by atoms with van der Waals surface area (Å²) in [7, 11) is 0. The van der Waals surface area contributed by atoms with E-state index in [1.54, 1.807) is 70.6 Å². The standard InChI is InChI=1S/C35H58O2/c1-24-3-5-26(6-4-24)19-27-7-9-28(10-8-27)20-29-11-13-30(14-12-29)21-31-15-17-32(18-16-31)22-34-35(37-34)23-33-25(2)36-33/h2,24-35H,3-23H2,1H3. The van der Waals surface area contributed by atoms with Crippen LogP contribution in [0.3, 0.4) is 0 Å². The summed E-state index contributed by atoms with van der Waals surface area (Å²) >= 11 is 0. The maximum atomic E-state index is 5.94. The van der Waals surface area contributed by atoms with Crippen LogP contribution in [-0.4, -0.2) is 24.4 Å². The summed E-state index contributed by atoms with van der Waals surface area (Å²) in [6.45, 7) is 8.23. The van der Waals surface area contributed by atoms with E-state index in [4.69, 9.17) is 16.4 Å². The first-order valence-corrected chi connectivity index (χ1v) is 17.1. The van der Waals surface area contributed by atoms with Gasteiger partial charge < -0.3 is 9.47 Å². The van der Waals surface area contributed by atoms with Gasteiger partial charge in [-0.3, -0.25) is 0 Å². The van der Waals surface area contributed by atoms with Crippen LogP contribution < -0.4 is 0 Å². The van der Waals surface area contributed by atoms with Crippen molar-refractivity contribution >= 4 is 0 Å². The molecule has 210 valence electrons. The Morgan fingerprint density at radius 3 is 1.05 bits per heavy atom. The molecule has 2 radical (unpaired) electrons. The second-order valence-corrected chi connectivity index (χ2v) is 15.3. The minimum atomic E-state index is -0.00437. The van der Waals surface area contributed by atoms with Crippen LogP contribution in [0, 0.1) is 54.3 Å². The van der Waals surface area contributed by atoms with Crippen LogP contribution in [-0.2, 0) is 9.47 Å². The first-order valence-electron chi connectivity index (χ1n) is 17.1. The summed E-state index contributed by atoms with van der Waals surface area (Å²) in [5.74, 6) is 8.28. The molecule has 6 aliphatic rings. The number of hydrogen-bond acceptors (Lipinski definition) is 2. The lowest BCUT2D eigenvalue weighted by molar-refractivity contribution is 0.151. The molecule has 2 heteroatoms. The average Bonchev–Trinajstić information content (AvgIpc) is 3.82. The molecule has 0 amide bonds. The molecule has 4 atom stereocenters. The monoisotopic (exact) mass is 510 g/mol. The van der Waals surface area contributed by atoms with E-state index in [1.165, 1.54) is 57.8 Å². The summed E-state index contributed by atoms with van der Waals surface area (Å²) in [5, 5.41) is 0. The third kappa shape index (κ3) is 7.99. The van der Waals surface area contributed by atoms with Crippen molar-refractivity contribution in [1.82, 2.24) is 0 Å². The molecule has 6 fully saturated rings. The molecule has 2 saturated heterocycles. The fourth-order valence-corrected chi connectivity index (χ4v) is 9.59. The predicted molar refractivity (Wildman–Crippen MR) is 152 cm³/mol. The molecule has 0 aromatic heterocycles. The van der Waals surface area contributed by atoms with Gasteiger partial charge in [0.1, 0.15) is 0 Å². The molecule has 6 rings (SSSR count). The molecule has 4 unspecified atom stereocenters. The van der Waals surface area contributed by atoms with Crippen LogP contribution in [0.25, 0.3) is 0 Å². The predicted octanol–water partition coefficient (Wildman–Crippen LogP) is 9.43. The first kappa shape index (κ1) is 27.1. The van der Waals surface area contributed by atoms with Crippen molar-refractivity contribution in [1.29, 1.82) is 0 Å². The molecule has 0 bridgehead atoms. The molecule has 37 heavy (non-hydrogen) atoms. The molecular weight excluding hydrogens is 452 g/mol. The SMILES string of the molecule is [CH]C1OC1CC1OC1CC1CCC(CC2CCC(CC3CCC(CC4CCC(C)CC4)CC3)CC2)CC1. The smallest absolute Gasteiger partial charge is 0.0878 e. The molecule has 4 aliphatic carbocycles. The van der Waals surface area contributed by atoms with Gasteiger partial charge in [0, 0.05) is 6.42 Å². The van der Waals surface area contributed by atoms with Gasteiger partial charge in [-0.25, -0.2) is 0 Å². The fraction of sp³-hybridized carbons (Fsp3) is 0.971. The van der Waals surface area contributed by atoms with E-state index in [9.17, 15) is 0 Å². The Hall–Kier alpha value is -0.0800. The van der Waals surface area contributed by atoms with Gasteiger partial charge in [-0.05, 0) is 80.0 Å². The normalized spacial score (nSPS) is 48.5. The highest BCUT2D eigenvalue weighted by molar-refractivity contribution is 4.96. The van der Waals surface area contributed by atoms with Crippen LogP contribution >= 0.6 is 0 Å². The van der Waals surface area contributed by atoms with E-state index in [0.717, 1.165) is 53.8 Å². The summed E-state index contributed by atoms with van der Waals surface area (Å²) in [5.41, 5.74) is 0. The molecule has 0 spiro atoms. The fourth-order valence-electron chi connectivity index (χ4n) is 9.59. The Kier molecular flexibility index (Phi) is 9.24. The van der Waals surface area contributed by atoms with E-state index < -0.39 is 0 Å². The first-order chi connectivity index (χ1) is 18.1. The van der Waals surface area contributed by atoms with Crippen molar-refractivity contribution in [3.8, 4) is 0 Å². The van der Waals surface area contributed by atoms with Crippen molar-refractivity contribution in [3.63, 3.8) is 0 Å². The van der Waals surface area contributed by atoms with Crippen LogP contribution in [0.2, 0.25) is 0 Å². The Labute approximate surface area is 229 Å². The molecule has 0 aromatic carbocycles. The third-order valence-electron chi connectivity index (χ3n) is 12.4. The van der Waals surface area contributed by atoms with Crippen molar-refractivity contribution in [2.75, 3.05) is 0 Å². The van der Waals surface area contributed by atoms with Gasteiger partial charge in [0.05, 0.1) is 24.4 Å².